The number of nitrogens with two attached hydrogens (primary N) is 1. The molecule has 1 aromatic heterocycles. The number of carbonyl (C=O) groups is 1. The van der Waals surface area contributed by atoms with E-state index < -0.39 is 12.5 Å². The Bertz CT molecular complexity index is 804. The van der Waals surface area contributed by atoms with Gasteiger partial charge in [-0.05, 0) is 43.2 Å². The zero-order valence-corrected chi connectivity index (χ0v) is 15.1. The second-order valence-corrected chi connectivity index (χ2v) is 6.63. The van der Waals surface area contributed by atoms with Gasteiger partial charge in [0.1, 0.15) is 11.6 Å². The summed E-state index contributed by atoms with van der Waals surface area (Å²) in [6.45, 7) is -1.28. The van der Waals surface area contributed by atoms with Crippen molar-refractivity contribution in [1.29, 1.82) is 0 Å². The van der Waals surface area contributed by atoms with Crippen LogP contribution in [0.15, 0.2) is 36.5 Å². The maximum atomic E-state index is 12.3. The number of hydrogen-bond donors (Lipinski definition) is 2. The minimum atomic E-state index is -2.84. The lowest BCUT2D eigenvalue weighted by Crippen LogP contribution is -2.42. The van der Waals surface area contributed by atoms with Crippen LogP contribution in [0.5, 0.6) is 5.75 Å². The highest BCUT2D eigenvalue weighted by atomic mass is 35.5. The Morgan fingerprint density at radius 2 is 2.11 bits per heavy atom. The lowest BCUT2D eigenvalue weighted by Gasteiger charge is -2.35. The second kappa shape index (κ2) is 8.39. The third-order valence-corrected chi connectivity index (χ3v) is 4.60. The number of halogens is 3. The van der Waals surface area contributed by atoms with Crippen molar-refractivity contribution in [1.82, 2.24) is 4.98 Å². The molecule has 2 heterocycles. The number of carbonyl (C=O) groups excluding carboxylic acids is 1. The molecule has 144 valence electrons. The summed E-state index contributed by atoms with van der Waals surface area (Å²) in [5.74, 6) is 0.0409. The molecule has 0 aliphatic carbocycles. The van der Waals surface area contributed by atoms with Crippen molar-refractivity contribution in [3.8, 4) is 5.75 Å². The van der Waals surface area contributed by atoms with Crippen LogP contribution in [0.2, 0.25) is 5.02 Å². The Morgan fingerprint density at radius 1 is 1.37 bits per heavy atom. The third kappa shape index (κ3) is 4.97. The Hall–Kier alpha value is -2.61. The van der Waals surface area contributed by atoms with Crippen LogP contribution in [0.25, 0.3) is 0 Å². The number of amides is 1. The van der Waals surface area contributed by atoms with Crippen molar-refractivity contribution in [2.24, 2.45) is 5.73 Å². The van der Waals surface area contributed by atoms with E-state index in [-0.39, 0.29) is 17.4 Å². The summed E-state index contributed by atoms with van der Waals surface area (Å²) >= 11 is 6.18. The van der Waals surface area contributed by atoms with Crippen LogP contribution in [0.4, 0.5) is 20.3 Å². The summed E-state index contributed by atoms with van der Waals surface area (Å²) in [7, 11) is 0. The van der Waals surface area contributed by atoms with Crippen LogP contribution in [-0.4, -0.2) is 36.6 Å². The van der Waals surface area contributed by atoms with Crippen LogP contribution in [0.3, 0.4) is 0 Å². The first-order valence-electron chi connectivity index (χ1n) is 8.44. The maximum absolute atomic E-state index is 12.3. The molecule has 0 spiro atoms. The number of ether oxygens (including phenoxy) is 1. The van der Waals surface area contributed by atoms with Crippen LogP contribution >= 0.6 is 11.6 Å². The first-order valence-corrected chi connectivity index (χ1v) is 8.82. The average Bonchev–Trinajstić information content (AvgIpc) is 2.63. The van der Waals surface area contributed by atoms with Crippen molar-refractivity contribution in [3.05, 3.63) is 47.1 Å². The van der Waals surface area contributed by atoms with E-state index >= 15 is 0 Å². The van der Waals surface area contributed by atoms with E-state index in [2.05, 4.69) is 19.9 Å². The molecule has 6 nitrogen and oxygen atoms in total. The van der Waals surface area contributed by atoms with E-state index in [9.17, 15) is 13.6 Å². The van der Waals surface area contributed by atoms with Crippen molar-refractivity contribution >= 4 is 29.0 Å². The fourth-order valence-corrected chi connectivity index (χ4v) is 3.26. The van der Waals surface area contributed by atoms with Crippen LogP contribution in [-0.2, 0) is 0 Å². The van der Waals surface area contributed by atoms with Crippen LogP contribution < -0.4 is 20.7 Å². The molecule has 0 bridgehead atoms. The summed E-state index contributed by atoms with van der Waals surface area (Å²) in [5.41, 5.74) is 6.40. The van der Waals surface area contributed by atoms with Crippen molar-refractivity contribution in [2.75, 3.05) is 23.3 Å². The van der Waals surface area contributed by atoms with Crippen molar-refractivity contribution in [3.63, 3.8) is 0 Å². The molecule has 1 fully saturated rings. The first kappa shape index (κ1) is 19.2. The number of benzene rings is 1. The molecule has 2 aromatic rings. The Morgan fingerprint density at radius 3 is 2.74 bits per heavy atom. The number of alkyl halides is 2. The monoisotopic (exact) mass is 396 g/mol. The van der Waals surface area contributed by atoms with Gasteiger partial charge < -0.3 is 20.7 Å². The van der Waals surface area contributed by atoms with Gasteiger partial charge in [0.2, 0.25) is 5.91 Å². The fraction of sp³-hybridized carbons (Fsp3) is 0.333. The van der Waals surface area contributed by atoms with E-state index in [4.69, 9.17) is 17.3 Å². The number of nitrogens with zero attached hydrogens (tertiary/aromatic N) is 2. The summed E-state index contributed by atoms with van der Waals surface area (Å²) in [6, 6.07) is 8.15. The minimum Gasteiger partial charge on any atom is -0.435 e. The van der Waals surface area contributed by atoms with Gasteiger partial charge in [0.05, 0.1) is 10.6 Å². The maximum Gasteiger partial charge on any atom is 0.387 e. The summed E-state index contributed by atoms with van der Waals surface area (Å²) in [5, 5.41) is 3.62. The normalized spacial score (nSPS) is 17.0. The molecule has 9 heteroatoms. The Kier molecular flexibility index (Phi) is 5.95. The quantitative estimate of drug-likeness (QED) is 0.781. The molecule has 0 radical (unpaired) electrons. The van der Waals surface area contributed by atoms with E-state index in [0.717, 1.165) is 25.1 Å². The summed E-state index contributed by atoms with van der Waals surface area (Å²) in [6.07, 6.45) is 3.27. The van der Waals surface area contributed by atoms with Crippen molar-refractivity contribution < 1.29 is 18.3 Å². The predicted molar refractivity (Wildman–Crippen MR) is 99.7 cm³/mol. The van der Waals surface area contributed by atoms with Crippen LogP contribution in [0.1, 0.15) is 23.2 Å². The smallest absolute Gasteiger partial charge is 0.387 e. The molecule has 3 rings (SSSR count). The molecule has 1 aliphatic rings. The standard InChI is InChI=1S/C18H19ClF2N4O2/c19-15-8-11(16(22)26)9-23-17(15)24-12-2-1-7-25(10-12)13-3-5-14(6-4-13)27-18(20)21/h3-6,8-9,12,18H,1-2,7,10H2,(H2,22,26)(H,23,24). The Balaban J connectivity index is 1.65. The van der Waals surface area contributed by atoms with Crippen LogP contribution in [0, 0.1) is 0 Å². The molecule has 1 aliphatic heterocycles. The summed E-state index contributed by atoms with van der Waals surface area (Å²) in [4.78, 5) is 17.5. The molecule has 27 heavy (non-hydrogen) atoms. The number of aromatic nitrogens is 1. The van der Waals surface area contributed by atoms with Gasteiger partial charge in [0, 0.05) is 31.0 Å². The number of pyridine rings is 1. The lowest BCUT2D eigenvalue weighted by atomic mass is 10.0. The zero-order chi connectivity index (χ0) is 19.4. The number of rotatable bonds is 6. The topological polar surface area (TPSA) is 80.5 Å². The molecule has 1 aromatic carbocycles. The van der Waals surface area contributed by atoms with E-state index in [1.807, 2.05) is 0 Å². The number of hydrogen-bond acceptors (Lipinski definition) is 5. The highest BCUT2D eigenvalue weighted by Crippen LogP contribution is 2.26. The van der Waals surface area contributed by atoms with Gasteiger partial charge in [-0.25, -0.2) is 4.98 Å². The molecule has 3 N–H and O–H groups in total. The second-order valence-electron chi connectivity index (χ2n) is 6.22. The number of piperidine rings is 1. The number of nitrogens with one attached hydrogen (secondary N) is 1. The number of primary amides is 1. The molecular weight excluding hydrogens is 378 g/mol. The average molecular weight is 397 g/mol. The summed E-state index contributed by atoms with van der Waals surface area (Å²) < 4.78 is 28.9. The largest absolute Gasteiger partial charge is 0.435 e. The zero-order valence-electron chi connectivity index (χ0n) is 14.4. The van der Waals surface area contributed by atoms with Gasteiger partial charge in [0.25, 0.3) is 0 Å². The van der Waals surface area contributed by atoms with E-state index in [0.29, 0.717) is 17.4 Å². The van der Waals surface area contributed by atoms with E-state index in [1.165, 1.54) is 24.4 Å². The molecule has 1 unspecified atom stereocenters. The van der Waals surface area contributed by atoms with E-state index in [1.54, 1.807) is 12.1 Å². The lowest BCUT2D eigenvalue weighted by molar-refractivity contribution is -0.0498. The van der Waals surface area contributed by atoms with Gasteiger partial charge in [0.15, 0.2) is 0 Å². The number of anilines is 2. The van der Waals surface area contributed by atoms with Gasteiger partial charge in [-0.1, -0.05) is 11.6 Å². The molecule has 1 atom stereocenters. The van der Waals surface area contributed by atoms with Gasteiger partial charge in [-0.2, -0.15) is 8.78 Å². The highest BCUT2D eigenvalue weighted by Gasteiger charge is 2.21. The molecule has 1 amide bonds. The van der Waals surface area contributed by atoms with Gasteiger partial charge in [-0.15, -0.1) is 0 Å². The van der Waals surface area contributed by atoms with Gasteiger partial charge >= 0.3 is 6.61 Å². The molecule has 1 saturated heterocycles. The predicted octanol–water partition coefficient (Wildman–Crippen LogP) is 3.52. The first-order chi connectivity index (χ1) is 12.9. The molecule has 0 saturated carbocycles. The van der Waals surface area contributed by atoms with Gasteiger partial charge in [-0.3, -0.25) is 4.79 Å². The Labute approximate surface area is 160 Å². The SMILES string of the molecule is NC(=O)c1cnc(NC2CCCN(c3ccc(OC(F)F)cc3)C2)c(Cl)c1. The molecular formula is C18H19ClF2N4O2. The third-order valence-electron chi connectivity index (χ3n) is 4.31. The minimum absolute atomic E-state index is 0.0974. The highest BCUT2D eigenvalue weighted by molar-refractivity contribution is 6.33. The fourth-order valence-electron chi connectivity index (χ4n) is 3.04. The van der Waals surface area contributed by atoms with Crippen molar-refractivity contribution in [2.45, 2.75) is 25.5 Å².